The van der Waals surface area contributed by atoms with Gasteiger partial charge in [0.25, 0.3) is 0 Å². The van der Waals surface area contributed by atoms with Crippen molar-refractivity contribution >= 4 is 27.8 Å². The minimum absolute atomic E-state index is 0.402. The lowest BCUT2D eigenvalue weighted by Crippen LogP contribution is -2.54. The second-order valence-electron chi connectivity index (χ2n) is 3.68. The third-order valence-electron chi connectivity index (χ3n) is 2.24. The lowest BCUT2D eigenvalue weighted by Gasteiger charge is -2.33. The fourth-order valence-corrected chi connectivity index (χ4v) is 10.5. The summed E-state index contributed by atoms with van der Waals surface area (Å²) in [5, 5.41) is 0. The quantitative estimate of drug-likeness (QED) is 0.407. The Morgan fingerprint density at radius 1 is 0.632 bits per heavy atom. The van der Waals surface area contributed by atoms with Crippen LogP contribution in [0.1, 0.15) is 34.6 Å². The van der Waals surface area contributed by atoms with Gasteiger partial charge in [0.05, 0.1) is 5.67 Å². The summed E-state index contributed by atoms with van der Waals surface area (Å²) in [5.74, 6) is 0. The summed E-state index contributed by atoms with van der Waals surface area (Å²) in [6.45, 7) is 12.1. The standard InChI is InChI=1S/C11H27ClO5Si2/c1-6-13-18(12,14-7-2)11-19(15-8-3,16-9-4)17-10-5/h6-11H2,1-5H3. The molecule has 0 atom stereocenters. The van der Waals surface area contributed by atoms with E-state index in [-0.39, 0.29) is 0 Å². The topological polar surface area (TPSA) is 46.2 Å². The van der Waals surface area contributed by atoms with Crippen LogP contribution in [0.4, 0.5) is 0 Å². The SMILES string of the molecule is CCO[Si](Cl)(C[Si](OCC)(OCC)OCC)OCC. The maximum Gasteiger partial charge on any atom is 0.504 e. The van der Waals surface area contributed by atoms with E-state index in [0.29, 0.717) is 38.7 Å². The second-order valence-corrected chi connectivity index (χ2v) is 11.0. The minimum atomic E-state index is -2.84. The number of rotatable bonds is 12. The van der Waals surface area contributed by atoms with Crippen molar-refractivity contribution in [1.29, 1.82) is 0 Å². The number of halogens is 1. The highest BCUT2D eigenvalue weighted by Gasteiger charge is 2.53. The van der Waals surface area contributed by atoms with Gasteiger partial charge in [-0.05, 0) is 34.6 Å². The van der Waals surface area contributed by atoms with Gasteiger partial charge >= 0.3 is 16.7 Å². The molecule has 0 unspecified atom stereocenters. The smallest absolute Gasteiger partial charge is 0.383 e. The summed E-state index contributed by atoms with van der Waals surface area (Å²) < 4.78 is 28.6. The monoisotopic (exact) mass is 330 g/mol. The van der Waals surface area contributed by atoms with Crippen LogP contribution in [0.25, 0.3) is 0 Å². The molecule has 19 heavy (non-hydrogen) atoms. The molecule has 0 amide bonds. The molecule has 0 aliphatic heterocycles. The molecule has 0 fully saturated rings. The van der Waals surface area contributed by atoms with Crippen LogP contribution in [-0.2, 0) is 22.1 Å². The van der Waals surface area contributed by atoms with Crippen LogP contribution >= 0.6 is 11.1 Å². The van der Waals surface area contributed by atoms with Crippen LogP contribution in [0.3, 0.4) is 0 Å². The summed E-state index contributed by atoms with van der Waals surface area (Å²) in [4.78, 5) is 0. The fourth-order valence-electron chi connectivity index (χ4n) is 1.77. The molecule has 0 saturated heterocycles. The van der Waals surface area contributed by atoms with Crippen LogP contribution in [0, 0.1) is 0 Å². The molecule has 0 aromatic carbocycles. The molecule has 0 aliphatic carbocycles. The van der Waals surface area contributed by atoms with E-state index < -0.39 is 16.7 Å². The maximum atomic E-state index is 6.52. The normalized spacial score (nSPS) is 12.9. The molecule has 116 valence electrons. The lowest BCUT2D eigenvalue weighted by atomic mass is 10.9. The van der Waals surface area contributed by atoms with E-state index in [1.165, 1.54) is 0 Å². The fraction of sp³-hybridized carbons (Fsp3) is 1.00. The van der Waals surface area contributed by atoms with Crippen LogP contribution in [0.2, 0.25) is 5.67 Å². The molecule has 0 N–H and O–H groups in total. The first kappa shape index (κ1) is 19.5. The van der Waals surface area contributed by atoms with Crippen molar-refractivity contribution in [2.45, 2.75) is 40.3 Å². The highest BCUT2D eigenvalue weighted by atomic mass is 35.6. The molecule has 0 spiro atoms. The Bertz CT molecular complexity index is 210. The summed E-state index contributed by atoms with van der Waals surface area (Å²) in [6, 6.07) is 0. The minimum Gasteiger partial charge on any atom is -0.383 e. The molecule has 0 aromatic rings. The number of hydrogen-bond donors (Lipinski definition) is 0. The lowest BCUT2D eigenvalue weighted by molar-refractivity contribution is 0.0715. The van der Waals surface area contributed by atoms with Crippen LogP contribution in [0.5, 0.6) is 0 Å². The van der Waals surface area contributed by atoms with Crippen molar-refractivity contribution in [2.75, 3.05) is 33.0 Å². The van der Waals surface area contributed by atoms with E-state index in [9.17, 15) is 0 Å². The maximum absolute atomic E-state index is 6.52. The van der Waals surface area contributed by atoms with Crippen molar-refractivity contribution < 1.29 is 22.1 Å². The molecule has 5 nitrogen and oxygen atoms in total. The Kier molecular flexibility index (Phi) is 10.6. The van der Waals surface area contributed by atoms with Crippen molar-refractivity contribution in [3.05, 3.63) is 0 Å². The summed E-state index contributed by atoms with van der Waals surface area (Å²) in [7, 11) is -5.66. The van der Waals surface area contributed by atoms with Gasteiger partial charge in [-0.15, -0.1) is 0 Å². The zero-order valence-electron chi connectivity index (χ0n) is 12.7. The molecule has 0 radical (unpaired) electrons. The van der Waals surface area contributed by atoms with E-state index in [4.69, 9.17) is 33.2 Å². The molecule has 0 aliphatic rings. The molecule has 8 heteroatoms. The summed E-state index contributed by atoms with van der Waals surface area (Å²) in [5.41, 5.74) is 0.402. The Labute approximate surface area is 123 Å². The van der Waals surface area contributed by atoms with Crippen molar-refractivity contribution in [1.82, 2.24) is 0 Å². The van der Waals surface area contributed by atoms with Crippen LogP contribution < -0.4 is 0 Å². The molecule has 0 bridgehead atoms. The van der Waals surface area contributed by atoms with E-state index in [2.05, 4.69) is 0 Å². The largest absolute Gasteiger partial charge is 0.504 e. The summed E-state index contributed by atoms with van der Waals surface area (Å²) in [6.07, 6.45) is 0. The van der Waals surface area contributed by atoms with Gasteiger partial charge in [-0.3, -0.25) is 0 Å². The number of hydrogen-bond acceptors (Lipinski definition) is 5. The van der Waals surface area contributed by atoms with E-state index in [1.54, 1.807) is 0 Å². The van der Waals surface area contributed by atoms with Crippen molar-refractivity contribution in [2.24, 2.45) is 0 Å². The molecule has 0 rings (SSSR count). The van der Waals surface area contributed by atoms with Crippen molar-refractivity contribution in [3.63, 3.8) is 0 Å². The summed E-state index contributed by atoms with van der Waals surface area (Å²) >= 11 is 6.52. The predicted octanol–water partition coefficient (Wildman–Crippen LogP) is 2.82. The van der Waals surface area contributed by atoms with Gasteiger partial charge in [-0.1, -0.05) is 11.1 Å². The highest BCUT2D eigenvalue weighted by molar-refractivity contribution is 7.16. The first-order chi connectivity index (χ1) is 9.01. The molecule has 0 heterocycles. The van der Waals surface area contributed by atoms with Crippen molar-refractivity contribution in [3.8, 4) is 0 Å². The average molecular weight is 331 g/mol. The third kappa shape index (κ3) is 7.19. The first-order valence-corrected chi connectivity index (χ1v) is 11.9. The Balaban J connectivity index is 4.99. The van der Waals surface area contributed by atoms with E-state index >= 15 is 0 Å². The molecule has 0 aromatic heterocycles. The van der Waals surface area contributed by atoms with Gasteiger partial charge in [-0.25, -0.2) is 0 Å². The molecule has 0 saturated carbocycles. The van der Waals surface area contributed by atoms with Gasteiger partial charge in [0, 0.05) is 33.0 Å². The van der Waals surface area contributed by atoms with E-state index in [1.807, 2.05) is 34.6 Å². The average Bonchev–Trinajstić information content (AvgIpc) is 2.30. The van der Waals surface area contributed by atoms with Crippen LogP contribution in [0.15, 0.2) is 0 Å². The predicted molar refractivity (Wildman–Crippen MR) is 80.3 cm³/mol. The third-order valence-corrected chi connectivity index (χ3v) is 11.1. The first-order valence-electron chi connectivity index (χ1n) is 6.90. The Morgan fingerprint density at radius 2 is 0.947 bits per heavy atom. The molecular weight excluding hydrogens is 304 g/mol. The van der Waals surface area contributed by atoms with Gasteiger partial charge in [0.2, 0.25) is 0 Å². The highest BCUT2D eigenvalue weighted by Crippen LogP contribution is 2.28. The van der Waals surface area contributed by atoms with Gasteiger partial charge in [0.15, 0.2) is 0 Å². The zero-order valence-corrected chi connectivity index (χ0v) is 15.4. The van der Waals surface area contributed by atoms with Gasteiger partial charge in [0.1, 0.15) is 0 Å². The van der Waals surface area contributed by atoms with Gasteiger partial charge < -0.3 is 22.1 Å². The van der Waals surface area contributed by atoms with E-state index in [0.717, 1.165) is 0 Å². The Morgan fingerprint density at radius 3 is 1.21 bits per heavy atom. The van der Waals surface area contributed by atoms with Gasteiger partial charge in [-0.2, -0.15) is 0 Å². The Hall–Kier alpha value is 0.524. The second kappa shape index (κ2) is 10.3. The van der Waals surface area contributed by atoms with Crippen LogP contribution in [-0.4, -0.2) is 49.7 Å². The molecular formula is C11H27ClO5Si2. The zero-order chi connectivity index (χ0) is 14.8.